The molecule has 2 rings (SSSR count). The second-order valence-electron chi connectivity index (χ2n) is 3.09. The highest BCUT2D eigenvalue weighted by Crippen LogP contribution is 2.19. The minimum atomic E-state index is 0.847. The van der Waals surface area contributed by atoms with E-state index in [2.05, 4.69) is 21.5 Å². The summed E-state index contributed by atoms with van der Waals surface area (Å²) in [5.74, 6) is 0. The molecule has 15 heavy (non-hydrogen) atoms. The molecule has 3 heteroatoms. The highest BCUT2D eigenvalue weighted by Gasteiger charge is 2.04. The van der Waals surface area contributed by atoms with E-state index in [0.717, 1.165) is 22.2 Å². The van der Waals surface area contributed by atoms with Crippen LogP contribution in [0.3, 0.4) is 0 Å². The van der Waals surface area contributed by atoms with Crippen LogP contribution in [0.2, 0.25) is 0 Å². The lowest BCUT2D eigenvalue weighted by atomic mass is 10.1. The fourth-order valence-electron chi connectivity index (χ4n) is 1.48. The molecule has 0 aliphatic heterocycles. The zero-order valence-corrected chi connectivity index (χ0v) is 8.51. The second kappa shape index (κ2) is 4.00. The monoisotopic (exact) mass is 197 g/mol. The maximum absolute atomic E-state index is 4.29. The summed E-state index contributed by atoms with van der Waals surface area (Å²) in [6, 6.07) is 0. The predicted molar refractivity (Wildman–Crippen MR) is 62.1 cm³/mol. The van der Waals surface area contributed by atoms with Crippen molar-refractivity contribution in [3.8, 4) is 0 Å². The van der Waals surface area contributed by atoms with Crippen molar-refractivity contribution in [3.63, 3.8) is 0 Å². The van der Waals surface area contributed by atoms with Gasteiger partial charge in [0.25, 0.3) is 0 Å². The van der Waals surface area contributed by atoms with Gasteiger partial charge in [-0.2, -0.15) is 0 Å². The largest absolute Gasteiger partial charge is 0.255 e. The minimum Gasteiger partial charge on any atom is -0.255 e. The van der Waals surface area contributed by atoms with E-state index in [1.54, 1.807) is 24.8 Å². The fourth-order valence-corrected chi connectivity index (χ4v) is 1.48. The number of nitrogens with zero attached hydrogens (tertiary/aromatic N) is 3. The second-order valence-corrected chi connectivity index (χ2v) is 3.09. The van der Waals surface area contributed by atoms with Crippen LogP contribution in [0.1, 0.15) is 18.2 Å². The lowest BCUT2D eigenvalue weighted by Gasteiger charge is -2.03. The lowest BCUT2D eigenvalue weighted by molar-refractivity contribution is 1.20. The van der Waals surface area contributed by atoms with Gasteiger partial charge >= 0.3 is 0 Å². The van der Waals surface area contributed by atoms with E-state index in [1.165, 1.54) is 0 Å². The van der Waals surface area contributed by atoms with E-state index < -0.39 is 0 Å². The van der Waals surface area contributed by atoms with E-state index in [0.29, 0.717) is 0 Å². The van der Waals surface area contributed by atoms with Crippen LogP contribution < -0.4 is 0 Å². The molecule has 0 bridgehead atoms. The topological polar surface area (TPSA) is 38.7 Å². The lowest BCUT2D eigenvalue weighted by Crippen LogP contribution is -1.91. The number of rotatable bonds is 2. The van der Waals surface area contributed by atoms with E-state index >= 15 is 0 Å². The molecule has 0 fully saturated rings. The van der Waals surface area contributed by atoms with E-state index in [4.69, 9.17) is 0 Å². The predicted octanol–water partition coefficient (Wildman–Crippen LogP) is 2.70. The van der Waals surface area contributed by atoms with Gasteiger partial charge in [-0.3, -0.25) is 4.98 Å². The molecule has 0 aliphatic rings. The van der Waals surface area contributed by atoms with Crippen molar-refractivity contribution < 1.29 is 0 Å². The summed E-state index contributed by atoms with van der Waals surface area (Å²) >= 11 is 0. The number of hydrogen-bond donors (Lipinski definition) is 0. The van der Waals surface area contributed by atoms with Gasteiger partial charge in [-0.05, 0) is 13.0 Å². The molecule has 2 aromatic rings. The molecule has 0 N–H and O–H groups in total. The third-order valence-electron chi connectivity index (χ3n) is 2.14. The first-order valence-corrected chi connectivity index (χ1v) is 4.70. The number of hydrogen-bond acceptors (Lipinski definition) is 3. The smallest absolute Gasteiger partial charge is 0.116 e. The van der Waals surface area contributed by atoms with Crippen molar-refractivity contribution in [3.05, 3.63) is 42.6 Å². The summed E-state index contributed by atoms with van der Waals surface area (Å²) in [6.07, 6.45) is 10.7. The molecule has 0 radical (unpaired) electrons. The molecule has 2 heterocycles. The van der Waals surface area contributed by atoms with Gasteiger partial charge in [0.15, 0.2) is 0 Å². The molecule has 2 aromatic heterocycles. The summed E-state index contributed by atoms with van der Waals surface area (Å²) in [5.41, 5.74) is 2.75. The summed E-state index contributed by atoms with van der Waals surface area (Å²) < 4.78 is 0. The number of aromatic nitrogens is 3. The third-order valence-corrected chi connectivity index (χ3v) is 2.14. The summed E-state index contributed by atoms with van der Waals surface area (Å²) in [5, 5.41) is 0.941. The first kappa shape index (κ1) is 9.52. The minimum absolute atomic E-state index is 0.847. The van der Waals surface area contributed by atoms with Crippen LogP contribution in [0.5, 0.6) is 0 Å². The Morgan fingerprint density at radius 1 is 1.27 bits per heavy atom. The van der Waals surface area contributed by atoms with Crippen LogP contribution in [0, 0.1) is 0 Å². The Kier molecular flexibility index (Phi) is 2.54. The normalized spacial score (nSPS) is 11.0. The Bertz CT molecular complexity index is 529. The van der Waals surface area contributed by atoms with Gasteiger partial charge in [-0.1, -0.05) is 18.7 Å². The first-order chi connectivity index (χ1) is 7.36. The molecule has 0 unspecified atom stereocenters. The Hall–Kier alpha value is -2.03. The standard InChI is InChI=1S/C12H11N3/c1-3-5-10-11(4-2)14-7-9-6-13-8-15-12(9)10/h3-8H,2H2,1H3/b5-3-. The Morgan fingerprint density at radius 2 is 2.13 bits per heavy atom. The number of pyridine rings is 1. The van der Waals surface area contributed by atoms with Gasteiger partial charge in [0.05, 0.1) is 11.2 Å². The van der Waals surface area contributed by atoms with Crippen LogP contribution in [0.25, 0.3) is 23.1 Å². The van der Waals surface area contributed by atoms with Crippen molar-refractivity contribution in [1.82, 2.24) is 15.0 Å². The average Bonchev–Trinajstić information content (AvgIpc) is 2.30. The van der Waals surface area contributed by atoms with Crippen LogP contribution >= 0.6 is 0 Å². The maximum atomic E-state index is 4.29. The van der Waals surface area contributed by atoms with Crippen LogP contribution in [0.4, 0.5) is 0 Å². The molecular weight excluding hydrogens is 186 g/mol. The van der Waals surface area contributed by atoms with Crippen molar-refractivity contribution in [2.45, 2.75) is 6.92 Å². The van der Waals surface area contributed by atoms with Crippen molar-refractivity contribution >= 4 is 23.1 Å². The van der Waals surface area contributed by atoms with E-state index in [-0.39, 0.29) is 0 Å². The summed E-state index contributed by atoms with van der Waals surface area (Å²) in [6.45, 7) is 5.71. The van der Waals surface area contributed by atoms with Gasteiger partial charge in [0.2, 0.25) is 0 Å². The molecule has 74 valence electrons. The van der Waals surface area contributed by atoms with Gasteiger partial charge in [-0.15, -0.1) is 0 Å². The maximum Gasteiger partial charge on any atom is 0.116 e. The molecule has 3 nitrogen and oxygen atoms in total. The molecular formula is C12H11N3. The van der Waals surface area contributed by atoms with Crippen molar-refractivity contribution in [2.24, 2.45) is 0 Å². The van der Waals surface area contributed by atoms with Crippen LogP contribution in [-0.2, 0) is 0 Å². The fraction of sp³-hybridized carbons (Fsp3) is 0.0833. The molecule has 0 amide bonds. The van der Waals surface area contributed by atoms with Gasteiger partial charge in [0.1, 0.15) is 6.33 Å². The molecule has 0 atom stereocenters. The summed E-state index contributed by atoms with van der Waals surface area (Å²) in [4.78, 5) is 12.5. The van der Waals surface area contributed by atoms with Crippen LogP contribution in [-0.4, -0.2) is 15.0 Å². The Morgan fingerprint density at radius 3 is 2.87 bits per heavy atom. The highest BCUT2D eigenvalue weighted by atomic mass is 14.8. The quantitative estimate of drug-likeness (QED) is 0.743. The van der Waals surface area contributed by atoms with Gasteiger partial charge < -0.3 is 0 Å². The van der Waals surface area contributed by atoms with Gasteiger partial charge in [0, 0.05) is 23.3 Å². The zero-order chi connectivity index (χ0) is 10.7. The van der Waals surface area contributed by atoms with E-state index in [1.807, 2.05) is 19.1 Å². The zero-order valence-electron chi connectivity index (χ0n) is 8.51. The summed E-state index contributed by atoms with van der Waals surface area (Å²) in [7, 11) is 0. The Balaban J connectivity index is 2.84. The van der Waals surface area contributed by atoms with Crippen molar-refractivity contribution in [1.29, 1.82) is 0 Å². The van der Waals surface area contributed by atoms with Crippen molar-refractivity contribution in [2.75, 3.05) is 0 Å². The molecule has 0 saturated heterocycles. The SMILES string of the molecule is C=Cc1ncc2cncnc2c1/C=C\C. The van der Waals surface area contributed by atoms with Gasteiger partial charge in [-0.25, -0.2) is 9.97 Å². The third kappa shape index (κ3) is 1.64. The highest BCUT2D eigenvalue weighted by molar-refractivity contribution is 5.88. The number of fused-ring (bicyclic) bond motifs is 1. The molecule has 0 aromatic carbocycles. The van der Waals surface area contributed by atoms with E-state index in [9.17, 15) is 0 Å². The molecule has 0 spiro atoms. The average molecular weight is 197 g/mol. The number of allylic oxidation sites excluding steroid dienone is 1. The Labute approximate surface area is 88.2 Å². The molecule has 0 saturated carbocycles. The first-order valence-electron chi connectivity index (χ1n) is 4.70. The molecule has 0 aliphatic carbocycles. The van der Waals surface area contributed by atoms with Crippen LogP contribution in [0.15, 0.2) is 31.4 Å².